The Morgan fingerprint density at radius 3 is 1.96 bits per heavy atom. The Morgan fingerprint density at radius 2 is 1.57 bits per heavy atom. The molecule has 2 rings (SSSR count). The first-order valence-corrected chi connectivity index (χ1v) is 8.01. The minimum atomic E-state index is -0.154. The molecule has 0 fully saturated rings. The Kier molecular flexibility index (Phi) is 4.53. The Labute approximate surface area is 142 Å². The monoisotopic (exact) mass is 332 g/mol. The van der Waals surface area contributed by atoms with E-state index in [0.29, 0.717) is 11.6 Å². The van der Waals surface area contributed by atoms with Gasteiger partial charge in [0, 0.05) is 17.2 Å². The fourth-order valence-electron chi connectivity index (χ4n) is 2.38. The molecule has 4 nitrogen and oxygen atoms in total. The van der Waals surface area contributed by atoms with E-state index < -0.39 is 0 Å². The number of nitrogens with zero attached hydrogens (tertiary/aromatic N) is 1. The van der Waals surface area contributed by atoms with Crippen LogP contribution in [0.5, 0.6) is 5.75 Å². The summed E-state index contributed by atoms with van der Waals surface area (Å²) in [6.07, 6.45) is 3.68. The molecule has 0 spiro atoms. The second-order valence-electron chi connectivity index (χ2n) is 7.75. The Balaban J connectivity index is 2.56. The Morgan fingerprint density at radius 1 is 1.04 bits per heavy atom. The van der Waals surface area contributed by atoms with E-state index in [1.165, 1.54) is 0 Å². The van der Waals surface area contributed by atoms with Crippen LogP contribution in [-0.2, 0) is 10.8 Å². The van der Waals surface area contributed by atoms with Crippen molar-refractivity contribution in [3.05, 3.63) is 39.6 Å². The van der Waals surface area contributed by atoms with Gasteiger partial charge in [-0.05, 0) is 46.8 Å². The molecule has 0 aliphatic carbocycles. The van der Waals surface area contributed by atoms with Crippen molar-refractivity contribution in [2.45, 2.75) is 52.4 Å². The van der Waals surface area contributed by atoms with Gasteiger partial charge in [0.1, 0.15) is 5.75 Å². The summed E-state index contributed by atoms with van der Waals surface area (Å²) in [4.78, 5) is 0.251. The van der Waals surface area contributed by atoms with Gasteiger partial charge in [-0.1, -0.05) is 41.5 Å². The molecule has 0 bridgehead atoms. The molecule has 2 aromatic rings. The van der Waals surface area contributed by atoms with Crippen LogP contribution in [0.1, 0.15) is 64.1 Å². The first-order valence-electron chi connectivity index (χ1n) is 7.60. The van der Waals surface area contributed by atoms with Gasteiger partial charge < -0.3 is 9.52 Å². The normalized spacial score (nSPS) is 13.0. The van der Waals surface area contributed by atoms with Crippen LogP contribution >= 0.6 is 12.2 Å². The molecule has 2 N–H and O–H groups in total. The number of hydrogen-bond donors (Lipinski definition) is 2. The van der Waals surface area contributed by atoms with Crippen molar-refractivity contribution in [3.8, 4) is 5.75 Å². The Bertz CT molecular complexity index is 751. The summed E-state index contributed by atoms with van der Waals surface area (Å²) in [7, 11) is 0. The lowest BCUT2D eigenvalue weighted by Gasteiger charge is -2.27. The third kappa shape index (κ3) is 4.10. The van der Waals surface area contributed by atoms with Gasteiger partial charge in [-0.2, -0.15) is 0 Å². The molecule has 0 amide bonds. The smallest absolute Gasteiger partial charge is 0.284 e. The van der Waals surface area contributed by atoms with Gasteiger partial charge in [0.15, 0.2) is 0 Å². The lowest BCUT2D eigenvalue weighted by atomic mass is 9.78. The quantitative estimate of drug-likeness (QED) is 0.742. The molecule has 5 heteroatoms. The standard InChI is InChI=1S/C18H24N2O2S/c1-17(2,3)12-9-11(7-8-14-19-20-16(23)22-14)10-13(15(12)21)18(4,5)6/h7-10,21H,1-6H3,(H,20,23)/b8-7+. The van der Waals surface area contributed by atoms with Gasteiger partial charge in [0.25, 0.3) is 4.84 Å². The molecule has 1 aromatic carbocycles. The van der Waals surface area contributed by atoms with Gasteiger partial charge in [-0.25, -0.2) is 5.10 Å². The van der Waals surface area contributed by atoms with Crippen molar-refractivity contribution in [2.75, 3.05) is 0 Å². The maximum absolute atomic E-state index is 10.7. The van der Waals surface area contributed by atoms with Crippen molar-refractivity contribution in [1.29, 1.82) is 0 Å². The minimum absolute atomic E-state index is 0.154. The molecule has 0 atom stereocenters. The number of phenols is 1. The molecule has 0 saturated carbocycles. The van der Waals surface area contributed by atoms with Crippen LogP contribution in [-0.4, -0.2) is 15.3 Å². The van der Waals surface area contributed by atoms with Crippen LogP contribution in [0.15, 0.2) is 16.5 Å². The number of benzene rings is 1. The molecule has 0 aliphatic heterocycles. The zero-order chi connectivity index (χ0) is 17.4. The summed E-state index contributed by atoms with van der Waals surface area (Å²) < 4.78 is 5.24. The van der Waals surface area contributed by atoms with Crippen molar-refractivity contribution >= 4 is 24.4 Å². The second-order valence-corrected chi connectivity index (χ2v) is 8.12. The van der Waals surface area contributed by atoms with Crippen molar-refractivity contribution in [1.82, 2.24) is 10.2 Å². The van der Waals surface area contributed by atoms with Crippen LogP contribution in [0.4, 0.5) is 0 Å². The highest BCUT2D eigenvalue weighted by atomic mass is 32.1. The molecular formula is C18H24N2O2S. The summed E-state index contributed by atoms with van der Waals surface area (Å²) in [5.74, 6) is 0.803. The highest BCUT2D eigenvalue weighted by Crippen LogP contribution is 2.40. The van der Waals surface area contributed by atoms with E-state index in [1.807, 2.05) is 18.2 Å². The zero-order valence-electron chi connectivity index (χ0n) is 14.5. The van der Waals surface area contributed by atoms with Gasteiger partial charge in [-0.15, -0.1) is 5.10 Å². The highest BCUT2D eigenvalue weighted by Gasteiger charge is 2.26. The van der Waals surface area contributed by atoms with Crippen LogP contribution in [0.3, 0.4) is 0 Å². The zero-order valence-corrected chi connectivity index (χ0v) is 15.3. The summed E-state index contributed by atoms with van der Waals surface area (Å²) in [5, 5.41) is 17.3. The summed E-state index contributed by atoms with van der Waals surface area (Å²) in [5.41, 5.74) is 2.53. The predicted octanol–water partition coefficient (Wildman–Crippen LogP) is 5.20. The number of H-pyrrole nitrogens is 1. The van der Waals surface area contributed by atoms with E-state index in [9.17, 15) is 5.11 Å². The molecule has 1 aromatic heterocycles. The van der Waals surface area contributed by atoms with E-state index in [-0.39, 0.29) is 15.7 Å². The number of nitrogens with one attached hydrogen (secondary N) is 1. The van der Waals surface area contributed by atoms with E-state index >= 15 is 0 Å². The van der Waals surface area contributed by atoms with Gasteiger partial charge >= 0.3 is 0 Å². The number of rotatable bonds is 2. The van der Waals surface area contributed by atoms with Crippen LogP contribution in [0.2, 0.25) is 0 Å². The van der Waals surface area contributed by atoms with E-state index in [4.69, 9.17) is 16.6 Å². The average Bonchev–Trinajstić information content (AvgIpc) is 2.80. The summed E-state index contributed by atoms with van der Waals surface area (Å²) in [6, 6.07) is 4.00. The average molecular weight is 332 g/mol. The maximum atomic E-state index is 10.7. The molecule has 0 aliphatic rings. The second kappa shape index (κ2) is 5.96. The van der Waals surface area contributed by atoms with Crippen molar-refractivity contribution < 1.29 is 9.52 Å². The van der Waals surface area contributed by atoms with Gasteiger partial charge in [0.05, 0.1) is 0 Å². The third-order valence-electron chi connectivity index (χ3n) is 3.62. The molecule has 0 radical (unpaired) electrons. The van der Waals surface area contributed by atoms with Crippen molar-refractivity contribution in [2.24, 2.45) is 0 Å². The first-order chi connectivity index (χ1) is 10.5. The van der Waals surface area contributed by atoms with Gasteiger partial charge in [-0.3, -0.25) is 0 Å². The lowest BCUT2D eigenvalue weighted by Crippen LogP contribution is -2.17. The SMILES string of the molecule is CC(C)(C)c1cc(/C=C/c2n[nH]c(=S)o2)cc(C(C)(C)C)c1O. The predicted molar refractivity (Wildman–Crippen MR) is 96.1 cm³/mol. The van der Waals surface area contributed by atoms with Gasteiger partial charge in [0.2, 0.25) is 5.89 Å². The fourth-order valence-corrected chi connectivity index (χ4v) is 2.51. The number of aromatic nitrogens is 2. The van der Waals surface area contributed by atoms with Crippen molar-refractivity contribution in [3.63, 3.8) is 0 Å². The van der Waals surface area contributed by atoms with Crippen LogP contribution in [0.25, 0.3) is 12.2 Å². The number of phenolic OH excluding ortho intramolecular Hbond substituents is 1. The summed E-state index contributed by atoms with van der Waals surface area (Å²) >= 11 is 4.87. The number of aromatic hydroxyl groups is 1. The molecular weight excluding hydrogens is 308 g/mol. The molecule has 1 heterocycles. The van der Waals surface area contributed by atoms with E-state index in [2.05, 4.69) is 51.7 Å². The first kappa shape index (κ1) is 17.5. The van der Waals surface area contributed by atoms with Crippen LogP contribution in [0, 0.1) is 4.84 Å². The Hall–Kier alpha value is -1.88. The third-order valence-corrected chi connectivity index (χ3v) is 3.80. The van der Waals surface area contributed by atoms with Crippen LogP contribution < -0.4 is 0 Å². The summed E-state index contributed by atoms with van der Waals surface area (Å²) in [6.45, 7) is 12.6. The maximum Gasteiger partial charge on any atom is 0.284 e. The molecule has 124 valence electrons. The molecule has 23 heavy (non-hydrogen) atoms. The molecule has 0 unspecified atom stereocenters. The fraction of sp³-hybridized carbons (Fsp3) is 0.444. The highest BCUT2D eigenvalue weighted by molar-refractivity contribution is 7.71. The number of hydrogen-bond acceptors (Lipinski definition) is 4. The minimum Gasteiger partial charge on any atom is -0.507 e. The number of aromatic amines is 1. The lowest BCUT2D eigenvalue weighted by molar-refractivity contribution is 0.423. The largest absolute Gasteiger partial charge is 0.507 e. The topological polar surface area (TPSA) is 62.0 Å². The van der Waals surface area contributed by atoms with E-state index in [0.717, 1.165) is 16.7 Å². The molecule has 0 saturated heterocycles. The van der Waals surface area contributed by atoms with E-state index in [1.54, 1.807) is 6.08 Å².